The van der Waals surface area contributed by atoms with E-state index in [-0.39, 0.29) is 20.2 Å². The van der Waals surface area contributed by atoms with Gasteiger partial charge in [0.15, 0.2) is 9.36 Å². The number of anilines is 1. The van der Waals surface area contributed by atoms with Crippen molar-refractivity contribution in [3.05, 3.63) is 33.1 Å². The van der Waals surface area contributed by atoms with Crippen LogP contribution >= 0.6 is 34.5 Å². The first kappa shape index (κ1) is 14.5. The number of thiazole rings is 1. The van der Waals surface area contributed by atoms with Crippen molar-refractivity contribution in [3.63, 3.8) is 0 Å². The Labute approximate surface area is 124 Å². The standard InChI is InChI=1S/C10H9Cl2N3O2S2/c1-5-3-7(11)14-10(12)9(5)15-19(16,17)8-4-13-6(2)18-8/h3-4,15H,1-2H3. The Morgan fingerprint density at radius 1 is 1.32 bits per heavy atom. The average molecular weight is 338 g/mol. The first-order valence-corrected chi connectivity index (χ1v) is 8.13. The van der Waals surface area contributed by atoms with Gasteiger partial charge in [0.1, 0.15) is 5.15 Å². The van der Waals surface area contributed by atoms with Crippen LogP contribution in [0.15, 0.2) is 16.5 Å². The molecule has 0 aliphatic carbocycles. The molecule has 9 heteroatoms. The van der Waals surface area contributed by atoms with Crippen molar-refractivity contribution >= 4 is 50.2 Å². The molecule has 5 nitrogen and oxygen atoms in total. The molecule has 2 aromatic rings. The van der Waals surface area contributed by atoms with Gasteiger partial charge in [-0.3, -0.25) is 4.72 Å². The fourth-order valence-corrected chi connectivity index (χ4v) is 4.25. The second kappa shape index (κ2) is 5.24. The molecule has 0 bridgehead atoms. The Morgan fingerprint density at radius 2 is 2.00 bits per heavy atom. The van der Waals surface area contributed by atoms with Crippen molar-refractivity contribution in [3.8, 4) is 0 Å². The van der Waals surface area contributed by atoms with Crippen LogP contribution in [0.1, 0.15) is 10.6 Å². The van der Waals surface area contributed by atoms with Crippen LogP contribution in [-0.2, 0) is 10.0 Å². The lowest BCUT2D eigenvalue weighted by molar-refractivity contribution is 0.603. The first-order chi connectivity index (χ1) is 8.79. The predicted octanol–water partition coefficient (Wildman–Crippen LogP) is 3.26. The molecule has 2 aromatic heterocycles. The number of aryl methyl sites for hydroxylation is 2. The summed E-state index contributed by atoms with van der Waals surface area (Å²) >= 11 is 12.7. The van der Waals surface area contributed by atoms with Crippen LogP contribution in [0.4, 0.5) is 5.69 Å². The van der Waals surface area contributed by atoms with Gasteiger partial charge in [-0.05, 0) is 25.5 Å². The number of nitrogens with zero attached hydrogens (tertiary/aromatic N) is 2. The van der Waals surface area contributed by atoms with Crippen LogP contribution in [0.25, 0.3) is 0 Å². The molecule has 0 radical (unpaired) electrons. The van der Waals surface area contributed by atoms with E-state index in [1.165, 1.54) is 12.3 Å². The topological polar surface area (TPSA) is 72.0 Å². The molecule has 19 heavy (non-hydrogen) atoms. The summed E-state index contributed by atoms with van der Waals surface area (Å²) in [6.07, 6.45) is 1.30. The van der Waals surface area contributed by atoms with E-state index in [2.05, 4.69) is 14.7 Å². The smallest absolute Gasteiger partial charge is 0.273 e. The summed E-state index contributed by atoms with van der Waals surface area (Å²) in [6, 6.07) is 1.53. The van der Waals surface area contributed by atoms with Crippen molar-refractivity contribution in [1.29, 1.82) is 0 Å². The predicted molar refractivity (Wildman–Crippen MR) is 76.7 cm³/mol. The monoisotopic (exact) mass is 337 g/mol. The van der Waals surface area contributed by atoms with E-state index in [4.69, 9.17) is 23.2 Å². The SMILES string of the molecule is Cc1ncc(S(=O)(=O)Nc2c(C)cc(Cl)nc2Cl)s1. The van der Waals surface area contributed by atoms with Gasteiger partial charge in [0.2, 0.25) is 0 Å². The Hall–Kier alpha value is -0.890. The Bertz CT molecular complexity index is 705. The third-order valence-electron chi connectivity index (χ3n) is 2.24. The second-order valence-corrected chi connectivity index (χ2v) is 7.62. The van der Waals surface area contributed by atoms with Crippen LogP contribution in [0, 0.1) is 13.8 Å². The minimum absolute atomic E-state index is 0.00909. The van der Waals surface area contributed by atoms with Crippen LogP contribution in [0.2, 0.25) is 10.3 Å². The van der Waals surface area contributed by atoms with Crippen molar-refractivity contribution in [2.45, 2.75) is 18.1 Å². The zero-order chi connectivity index (χ0) is 14.2. The Kier molecular flexibility index (Phi) is 4.00. The van der Waals surface area contributed by atoms with E-state index in [1.54, 1.807) is 13.8 Å². The summed E-state index contributed by atoms with van der Waals surface area (Å²) in [5.41, 5.74) is 0.812. The van der Waals surface area contributed by atoms with Gasteiger partial charge >= 0.3 is 0 Å². The first-order valence-electron chi connectivity index (χ1n) is 5.07. The maximum Gasteiger partial charge on any atom is 0.273 e. The lowest BCUT2D eigenvalue weighted by atomic mass is 10.3. The summed E-state index contributed by atoms with van der Waals surface area (Å²) in [4.78, 5) is 7.72. The van der Waals surface area contributed by atoms with Crippen molar-refractivity contribution < 1.29 is 8.42 Å². The van der Waals surface area contributed by atoms with Crippen LogP contribution in [-0.4, -0.2) is 18.4 Å². The van der Waals surface area contributed by atoms with E-state index in [0.717, 1.165) is 11.3 Å². The molecule has 0 aromatic carbocycles. The summed E-state index contributed by atoms with van der Waals surface area (Å²) in [7, 11) is -3.71. The van der Waals surface area contributed by atoms with E-state index >= 15 is 0 Å². The van der Waals surface area contributed by atoms with E-state index in [1.807, 2.05) is 0 Å². The molecule has 0 amide bonds. The third kappa shape index (κ3) is 3.17. The van der Waals surface area contributed by atoms with Crippen LogP contribution in [0.5, 0.6) is 0 Å². The molecule has 0 saturated carbocycles. The number of pyridine rings is 1. The lowest BCUT2D eigenvalue weighted by Gasteiger charge is -2.10. The number of hydrogen-bond acceptors (Lipinski definition) is 5. The molecule has 0 fully saturated rings. The normalized spacial score (nSPS) is 11.6. The van der Waals surface area contributed by atoms with E-state index in [9.17, 15) is 8.42 Å². The molecule has 0 aliphatic heterocycles. The number of sulfonamides is 1. The summed E-state index contributed by atoms with van der Waals surface area (Å²) < 4.78 is 26.8. The van der Waals surface area contributed by atoms with E-state index < -0.39 is 10.0 Å². The van der Waals surface area contributed by atoms with Crippen molar-refractivity contribution in [1.82, 2.24) is 9.97 Å². The molecule has 102 valence electrons. The summed E-state index contributed by atoms with van der Waals surface area (Å²) in [5.74, 6) is 0. The minimum Gasteiger partial charge on any atom is -0.276 e. The summed E-state index contributed by atoms with van der Waals surface area (Å²) in [5, 5.41) is 0.881. The highest BCUT2D eigenvalue weighted by Crippen LogP contribution is 2.29. The highest BCUT2D eigenvalue weighted by atomic mass is 35.5. The molecular weight excluding hydrogens is 329 g/mol. The molecule has 0 saturated heterocycles. The van der Waals surface area contributed by atoms with Gasteiger partial charge in [0.05, 0.1) is 16.9 Å². The van der Waals surface area contributed by atoms with Crippen molar-refractivity contribution in [2.75, 3.05) is 4.72 Å². The molecule has 0 unspecified atom stereocenters. The van der Waals surface area contributed by atoms with Crippen molar-refractivity contribution in [2.24, 2.45) is 0 Å². The fraction of sp³-hybridized carbons (Fsp3) is 0.200. The number of halogens is 2. The third-order valence-corrected chi connectivity index (χ3v) is 5.43. The molecule has 0 spiro atoms. The number of rotatable bonds is 3. The maximum absolute atomic E-state index is 12.1. The van der Waals surface area contributed by atoms with E-state index in [0.29, 0.717) is 10.6 Å². The zero-order valence-corrected chi connectivity index (χ0v) is 13.1. The molecular formula is C10H9Cl2N3O2S2. The molecule has 2 heterocycles. The second-order valence-electron chi connectivity index (χ2n) is 3.73. The number of hydrogen-bond donors (Lipinski definition) is 1. The minimum atomic E-state index is -3.71. The fourth-order valence-electron chi connectivity index (χ4n) is 1.37. The van der Waals surface area contributed by atoms with Gasteiger partial charge in [0, 0.05) is 0 Å². The molecule has 2 rings (SSSR count). The average Bonchev–Trinajstić information content (AvgIpc) is 2.71. The molecule has 0 atom stereocenters. The number of aromatic nitrogens is 2. The Balaban J connectivity index is 2.41. The van der Waals surface area contributed by atoms with Crippen LogP contribution in [0.3, 0.4) is 0 Å². The highest BCUT2D eigenvalue weighted by molar-refractivity contribution is 7.94. The maximum atomic E-state index is 12.1. The van der Waals surface area contributed by atoms with Gasteiger partial charge in [-0.15, -0.1) is 11.3 Å². The number of nitrogens with one attached hydrogen (secondary N) is 1. The van der Waals surface area contributed by atoms with Gasteiger partial charge in [-0.1, -0.05) is 23.2 Å². The quantitative estimate of drug-likeness (QED) is 0.872. The highest BCUT2D eigenvalue weighted by Gasteiger charge is 2.20. The van der Waals surface area contributed by atoms with Crippen LogP contribution < -0.4 is 4.72 Å². The molecule has 0 aliphatic rings. The van der Waals surface area contributed by atoms with Gasteiger partial charge in [0.25, 0.3) is 10.0 Å². The van der Waals surface area contributed by atoms with Gasteiger partial charge < -0.3 is 0 Å². The Morgan fingerprint density at radius 3 is 2.53 bits per heavy atom. The zero-order valence-electron chi connectivity index (χ0n) is 9.94. The summed E-state index contributed by atoms with van der Waals surface area (Å²) in [6.45, 7) is 3.42. The van der Waals surface area contributed by atoms with Gasteiger partial charge in [-0.25, -0.2) is 18.4 Å². The largest absolute Gasteiger partial charge is 0.276 e. The van der Waals surface area contributed by atoms with Gasteiger partial charge in [-0.2, -0.15) is 0 Å². The lowest BCUT2D eigenvalue weighted by Crippen LogP contribution is -2.13. The molecule has 1 N–H and O–H groups in total.